The molecule has 1 amide bonds. The van der Waals surface area contributed by atoms with Gasteiger partial charge in [-0.25, -0.2) is 0 Å². The number of fused-ring (bicyclic) bond motifs is 1. The SMILES string of the molecule is Nc1ccccc1NC(=O)C=Cc1ccc(CN(CCO)CCc2c[nH]c3ccccc23)cc1. The van der Waals surface area contributed by atoms with Crippen LogP contribution in [-0.4, -0.2) is 40.6 Å². The number of amides is 1. The van der Waals surface area contributed by atoms with E-state index in [1.807, 2.05) is 30.3 Å². The highest BCUT2D eigenvalue weighted by Gasteiger charge is 2.09. The van der Waals surface area contributed by atoms with Gasteiger partial charge in [0.1, 0.15) is 0 Å². The van der Waals surface area contributed by atoms with Gasteiger partial charge in [0, 0.05) is 42.8 Å². The van der Waals surface area contributed by atoms with Crippen molar-refractivity contribution in [2.45, 2.75) is 13.0 Å². The van der Waals surface area contributed by atoms with Gasteiger partial charge < -0.3 is 21.1 Å². The molecule has 0 spiro atoms. The molecule has 4 aromatic rings. The van der Waals surface area contributed by atoms with Crippen LogP contribution in [0.4, 0.5) is 11.4 Å². The Labute approximate surface area is 199 Å². The van der Waals surface area contributed by atoms with Gasteiger partial charge in [0.25, 0.3) is 0 Å². The third-order valence-corrected chi connectivity index (χ3v) is 5.82. The number of para-hydroxylation sites is 3. The number of hydrogen-bond acceptors (Lipinski definition) is 4. The predicted octanol–water partition coefficient (Wildman–Crippen LogP) is 4.44. The lowest BCUT2D eigenvalue weighted by Crippen LogP contribution is -2.28. The Hall–Kier alpha value is -3.87. The minimum Gasteiger partial charge on any atom is -0.397 e. The number of nitrogen functional groups attached to an aromatic ring is 1. The van der Waals surface area contributed by atoms with Crippen molar-refractivity contribution >= 4 is 34.3 Å². The molecule has 34 heavy (non-hydrogen) atoms. The highest BCUT2D eigenvalue weighted by atomic mass is 16.3. The number of H-pyrrole nitrogens is 1. The molecule has 0 bridgehead atoms. The topological polar surface area (TPSA) is 94.4 Å². The monoisotopic (exact) mass is 454 g/mol. The van der Waals surface area contributed by atoms with E-state index in [2.05, 4.69) is 51.7 Å². The molecule has 0 saturated carbocycles. The van der Waals surface area contributed by atoms with Crippen molar-refractivity contribution in [1.29, 1.82) is 0 Å². The van der Waals surface area contributed by atoms with Gasteiger partial charge in [0.15, 0.2) is 0 Å². The van der Waals surface area contributed by atoms with Gasteiger partial charge in [0.05, 0.1) is 18.0 Å². The summed E-state index contributed by atoms with van der Waals surface area (Å²) >= 11 is 0. The third-order valence-electron chi connectivity index (χ3n) is 5.82. The summed E-state index contributed by atoms with van der Waals surface area (Å²) in [7, 11) is 0. The normalized spacial score (nSPS) is 11.5. The Bertz CT molecular complexity index is 1260. The van der Waals surface area contributed by atoms with E-state index in [0.29, 0.717) is 17.9 Å². The highest BCUT2D eigenvalue weighted by molar-refractivity contribution is 6.03. The molecule has 0 aliphatic rings. The molecule has 174 valence electrons. The molecule has 6 nitrogen and oxygen atoms in total. The van der Waals surface area contributed by atoms with Gasteiger partial charge in [0.2, 0.25) is 5.91 Å². The molecule has 4 rings (SSSR count). The maximum atomic E-state index is 12.2. The molecular weight excluding hydrogens is 424 g/mol. The van der Waals surface area contributed by atoms with Gasteiger partial charge in [-0.1, -0.05) is 54.6 Å². The number of rotatable bonds is 10. The molecule has 3 aromatic carbocycles. The maximum Gasteiger partial charge on any atom is 0.248 e. The van der Waals surface area contributed by atoms with Crippen molar-refractivity contribution in [1.82, 2.24) is 9.88 Å². The number of carbonyl (C=O) groups excluding carboxylic acids is 1. The first kappa shape index (κ1) is 23.3. The fourth-order valence-electron chi connectivity index (χ4n) is 3.98. The molecule has 5 N–H and O–H groups in total. The van der Waals surface area contributed by atoms with Crippen LogP contribution in [0.15, 0.2) is 85.1 Å². The lowest BCUT2D eigenvalue weighted by molar-refractivity contribution is -0.111. The summed E-state index contributed by atoms with van der Waals surface area (Å²) in [6, 6.07) is 23.6. The van der Waals surface area contributed by atoms with E-state index in [-0.39, 0.29) is 12.5 Å². The van der Waals surface area contributed by atoms with Crippen LogP contribution in [0.25, 0.3) is 17.0 Å². The Morgan fingerprint density at radius 2 is 1.76 bits per heavy atom. The predicted molar refractivity (Wildman–Crippen MR) is 139 cm³/mol. The number of aromatic amines is 1. The first-order valence-electron chi connectivity index (χ1n) is 11.4. The summed E-state index contributed by atoms with van der Waals surface area (Å²) in [4.78, 5) is 17.8. The quantitative estimate of drug-likeness (QED) is 0.210. The minimum atomic E-state index is -0.228. The first-order chi connectivity index (χ1) is 16.6. The Morgan fingerprint density at radius 1 is 1.00 bits per heavy atom. The number of aliphatic hydroxyl groups excluding tert-OH is 1. The number of benzene rings is 3. The number of anilines is 2. The molecule has 0 unspecified atom stereocenters. The fraction of sp³-hybridized carbons (Fsp3) is 0.179. The summed E-state index contributed by atoms with van der Waals surface area (Å²) < 4.78 is 0. The number of nitrogens with one attached hydrogen (secondary N) is 2. The number of aliphatic hydroxyl groups is 1. The van der Waals surface area contributed by atoms with Gasteiger partial charge in [-0.2, -0.15) is 0 Å². The Balaban J connectivity index is 1.33. The lowest BCUT2D eigenvalue weighted by Gasteiger charge is -2.21. The van der Waals surface area contributed by atoms with E-state index < -0.39 is 0 Å². The second-order valence-electron chi connectivity index (χ2n) is 8.26. The van der Waals surface area contributed by atoms with Crippen molar-refractivity contribution < 1.29 is 9.90 Å². The first-order valence-corrected chi connectivity index (χ1v) is 11.4. The summed E-state index contributed by atoms with van der Waals surface area (Å²) in [5.41, 5.74) is 11.5. The summed E-state index contributed by atoms with van der Waals surface area (Å²) in [5.74, 6) is -0.228. The Kier molecular flexibility index (Phi) is 7.75. The van der Waals surface area contributed by atoms with Crippen LogP contribution in [0.3, 0.4) is 0 Å². The number of nitrogens with zero attached hydrogens (tertiary/aromatic N) is 1. The largest absolute Gasteiger partial charge is 0.397 e. The maximum absolute atomic E-state index is 12.2. The van der Waals surface area contributed by atoms with E-state index in [9.17, 15) is 9.90 Å². The summed E-state index contributed by atoms with van der Waals surface area (Å²) in [6.45, 7) is 2.34. The summed E-state index contributed by atoms with van der Waals surface area (Å²) in [6.07, 6.45) is 6.26. The van der Waals surface area contributed by atoms with Gasteiger partial charge in [-0.15, -0.1) is 0 Å². The lowest BCUT2D eigenvalue weighted by atomic mass is 10.1. The van der Waals surface area contributed by atoms with Crippen molar-refractivity contribution in [2.75, 3.05) is 30.7 Å². The third kappa shape index (κ3) is 6.13. The molecule has 0 saturated heterocycles. The highest BCUT2D eigenvalue weighted by Crippen LogP contribution is 2.19. The zero-order valence-corrected chi connectivity index (χ0v) is 19.1. The molecular formula is C28H30N4O2. The average Bonchev–Trinajstić information content (AvgIpc) is 3.27. The molecule has 0 aliphatic heterocycles. The number of aromatic nitrogens is 1. The van der Waals surface area contributed by atoms with Crippen molar-refractivity contribution in [3.05, 3.63) is 102 Å². The minimum absolute atomic E-state index is 0.121. The van der Waals surface area contributed by atoms with Crippen LogP contribution in [-0.2, 0) is 17.8 Å². The Morgan fingerprint density at radius 3 is 2.56 bits per heavy atom. The molecule has 0 fully saturated rings. The number of hydrogen-bond donors (Lipinski definition) is 4. The zero-order valence-electron chi connectivity index (χ0n) is 19.1. The van der Waals surface area contributed by atoms with Crippen LogP contribution in [0.5, 0.6) is 0 Å². The number of nitrogens with two attached hydrogens (primary N) is 1. The zero-order chi connectivity index (χ0) is 23.8. The van der Waals surface area contributed by atoms with Gasteiger partial charge in [-0.05, 0) is 47.4 Å². The molecule has 1 aromatic heterocycles. The van der Waals surface area contributed by atoms with Gasteiger partial charge in [-0.3, -0.25) is 9.69 Å². The van der Waals surface area contributed by atoms with Crippen molar-refractivity contribution in [2.24, 2.45) is 0 Å². The van der Waals surface area contributed by atoms with E-state index in [4.69, 9.17) is 5.73 Å². The van der Waals surface area contributed by atoms with Crippen LogP contribution in [0.2, 0.25) is 0 Å². The van der Waals surface area contributed by atoms with Crippen LogP contribution in [0, 0.1) is 0 Å². The summed E-state index contributed by atoms with van der Waals surface area (Å²) in [5, 5.41) is 13.6. The van der Waals surface area contributed by atoms with Crippen LogP contribution in [0.1, 0.15) is 16.7 Å². The second kappa shape index (κ2) is 11.3. The van der Waals surface area contributed by atoms with E-state index >= 15 is 0 Å². The average molecular weight is 455 g/mol. The number of carbonyl (C=O) groups is 1. The van der Waals surface area contributed by atoms with Crippen molar-refractivity contribution in [3.63, 3.8) is 0 Å². The van der Waals surface area contributed by atoms with Gasteiger partial charge >= 0.3 is 0 Å². The van der Waals surface area contributed by atoms with Crippen molar-refractivity contribution in [3.8, 4) is 0 Å². The molecule has 0 atom stereocenters. The van der Waals surface area contributed by atoms with Crippen LogP contribution < -0.4 is 11.1 Å². The van der Waals surface area contributed by atoms with Crippen LogP contribution >= 0.6 is 0 Å². The molecule has 0 aliphatic carbocycles. The van der Waals surface area contributed by atoms with E-state index in [0.717, 1.165) is 36.2 Å². The molecule has 1 heterocycles. The second-order valence-corrected chi connectivity index (χ2v) is 8.26. The molecule has 6 heteroatoms. The van der Waals surface area contributed by atoms with E-state index in [1.165, 1.54) is 17.0 Å². The standard InChI is InChI=1S/C28H30N4O2/c29-25-6-2-4-8-27(25)31-28(34)14-13-21-9-11-22(12-10-21)20-32(17-18-33)16-15-23-19-30-26-7-3-1-5-24(23)26/h1-14,19,30,33H,15-18,20,29H2,(H,31,34). The molecule has 0 radical (unpaired) electrons. The smallest absolute Gasteiger partial charge is 0.248 e. The van der Waals surface area contributed by atoms with E-state index in [1.54, 1.807) is 18.2 Å². The fourth-order valence-corrected chi connectivity index (χ4v) is 3.98.